The minimum absolute atomic E-state index is 0.292. The molecule has 2 fully saturated rings. The number of H-pyrrole nitrogens is 1. The monoisotopic (exact) mass is 487 g/mol. The van der Waals surface area contributed by atoms with Crippen LogP contribution in [-0.4, -0.2) is 28.0 Å². The second-order valence-corrected chi connectivity index (χ2v) is 11.8. The Kier molecular flexibility index (Phi) is 8.07. The van der Waals surface area contributed by atoms with E-state index in [1.807, 2.05) is 6.21 Å². The third kappa shape index (κ3) is 7.11. The topological polar surface area (TPSA) is 65.1 Å². The number of allylic oxidation sites excluding steroid dienone is 2. The van der Waals surface area contributed by atoms with E-state index >= 15 is 0 Å². The Morgan fingerprint density at radius 3 is 2.69 bits per heavy atom. The van der Waals surface area contributed by atoms with Crippen LogP contribution in [0.1, 0.15) is 99.6 Å². The Labute approximate surface area is 218 Å². The third-order valence-corrected chi connectivity index (χ3v) is 7.71. The normalized spacial score (nSPS) is 20.7. The summed E-state index contributed by atoms with van der Waals surface area (Å²) in [6.07, 6.45) is 11.1. The van der Waals surface area contributed by atoms with Crippen LogP contribution in [0.4, 0.5) is 5.82 Å². The summed E-state index contributed by atoms with van der Waals surface area (Å²) >= 11 is 0. The highest BCUT2D eigenvalue weighted by atomic mass is 15.2. The molecule has 2 saturated carbocycles. The second-order valence-electron chi connectivity index (χ2n) is 11.8. The summed E-state index contributed by atoms with van der Waals surface area (Å²) in [6.45, 7) is 19.4. The number of hydrogen-bond acceptors (Lipinski definition) is 4. The van der Waals surface area contributed by atoms with Gasteiger partial charge in [-0.2, -0.15) is 5.10 Å². The van der Waals surface area contributed by atoms with E-state index in [-0.39, 0.29) is 0 Å². The van der Waals surface area contributed by atoms with Crippen molar-refractivity contribution in [3.8, 4) is 0 Å². The van der Waals surface area contributed by atoms with Crippen LogP contribution >= 0.6 is 0 Å². The molecule has 4 rings (SSSR count). The van der Waals surface area contributed by atoms with Crippen molar-refractivity contribution in [2.75, 3.05) is 5.32 Å². The largest absolute Gasteiger partial charge is 0.384 e. The lowest BCUT2D eigenvalue weighted by Gasteiger charge is -2.18. The molecule has 5 nitrogen and oxygen atoms in total. The van der Waals surface area contributed by atoms with Gasteiger partial charge in [0.1, 0.15) is 0 Å². The smallest absolute Gasteiger partial charge is 0.152 e. The molecule has 0 spiro atoms. The van der Waals surface area contributed by atoms with Gasteiger partial charge in [-0.3, -0.25) is 10.1 Å². The first-order valence-electron chi connectivity index (χ1n) is 13.7. The number of benzene rings is 1. The van der Waals surface area contributed by atoms with Crippen LogP contribution in [0.15, 0.2) is 47.7 Å². The number of rotatable bonds is 12. The SMILES string of the molecule is C=C(CCc1cc(C)cc(C)c1C=NC(C)C)Nc1cc(C2CCC(CC(=C)NC3(C)CC3)C2)[nH]n1. The quantitative estimate of drug-likeness (QED) is 0.274. The van der Waals surface area contributed by atoms with Crippen LogP contribution in [0.25, 0.3) is 0 Å². The molecule has 1 heterocycles. The van der Waals surface area contributed by atoms with Crippen LogP contribution in [-0.2, 0) is 6.42 Å². The van der Waals surface area contributed by atoms with Gasteiger partial charge in [-0.1, -0.05) is 30.9 Å². The minimum atomic E-state index is 0.292. The highest BCUT2D eigenvalue weighted by Crippen LogP contribution is 2.42. The van der Waals surface area contributed by atoms with Crippen molar-refractivity contribution in [3.63, 3.8) is 0 Å². The molecule has 2 aliphatic rings. The predicted octanol–water partition coefficient (Wildman–Crippen LogP) is 7.34. The van der Waals surface area contributed by atoms with E-state index < -0.39 is 0 Å². The van der Waals surface area contributed by atoms with Crippen molar-refractivity contribution >= 4 is 12.0 Å². The molecule has 2 aliphatic carbocycles. The lowest BCUT2D eigenvalue weighted by Crippen LogP contribution is -2.27. The number of nitrogens with zero attached hydrogens (tertiary/aromatic N) is 2. The molecule has 1 aromatic heterocycles. The molecular formula is C31H45N5. The number of aliphatic imine (C=N–C) groups is 1. The summed E-state index contributed by atoms with van der Waals surface area (Å²) in [5.41, 5.74) is 8.89. The number of nitrogens with one attached hydrogen (secondary N) is 3. The summed E-state index contributed by atoms with van der Waals surface area (Å²) in [5.74, 6) is 2.13. The van der Waals surface area contributed by atoms with Gasteiger partial charge in [-0.15, -0.1) is 0 Å². The van der Waals surface area contributed by atoms with Crippen molar-refractivity contribution in [2.24, 2.45) is 10.9 Å². The van der Waals surface area contributed by atoms with Gasteiger partial charge in [-0.05, 0) is 109 Å². The molecule has 3 N–H and O–H groups in total. The molecule has 36 heavy (non-hydrogen) atoms. The standard InChI is InChI=1S/C31H45N5/c1-20(2)32-19-28-22(4)14-21(3)15-26(28)10-8-23(5)33-30-18-29(35-36-30)27-11-9-25(17-27)16-24(6)34-31(7)12-13-31/h14-15,18-20,25,27,34H,5-6,8-13,16-17H2,1-4,7H3,(H2,33,35,36). The molecule has 0 aliphatic heterocycles. The maximum Gasteiger partial charge on any atom is 0.152 e. The first kappa shape index (κ1) is 26.2. The van der Waals surface area contributed by atoms with Gasteiger partial charge in [0, 0.05) is 46.9 Å². The van der Waals surface area contributed by atoms with E-state index in [9.17, 15) is 0 Å². The first-order valence-corrected chi connectivity index (χ1v) is 13.7. The fourth-order valence-corrected chi connectivity index (χ4v) is 5.50. The van der Waals surface area contributed by atoms with E-state index in [1.165, 1.54) is 65.7 Å². The number of aromatic amines is 1. The zero-order valence-corrected chi connectivity index (χ0v) is 23.0. The van der Waals surface area contributed by atoms with Crippen LogP contribution in [0, 0.1) is 19.8 Å². The molecule has 2 aromatic rings. The fourth-order valence-electron chi connectivity index (χ4n) is 5.50. The average Bonchev–Trinajstić information content (AvgIpc) is 3.16. The molecule has 2 unspecified atom stereocenters. The number of hydrogen-bond donors (Lipinski definition) is 3. The Morgan fingerprint density at radius 1 is 1.19 bits per heavy atom. The summed E-state index contributed by atoms with van der Waals surface area (Å²) in [5, 5.41) is 14.9. The van der Waals surface area contributed by atoms with Crippen LogP contribution in [0.2, 0.25) is 0 Å². The first-order chi connectivity index (χ1) is 17.1. The number of anilines is 1. The Hall–Kier alpha value is -2.82. The zero-order valence-electron chi connectivity index (χ0n) is 23.0. The van der Waals surface area contributed by atoms with Gasteiger partial charge >= 0.3 is 0 Å². The fraction of sp³-hybridized carbons (Fsp3) is 0.548. The number of aryl methyl sites for hydroxylation is 3. The Bertz CT molecular complexity index is 1120. The van der Waals surface area contributed by atoms with Gasteiger partial charge in [0.15, 0.2) is 5.82 Å². The number of aromatic nitrogens is 2. The molecule has 194 valence electrons. The molecule has 0 saturated heterocycles. The Balaban J connectivity index is 1.28. The molecule has 0 amide bonds. The maximum atomic E-state index is 4.64. The van der Waals surface area contributed by atoms with E-state index in [0.29, 0.717) is 23.4 Å². The van der Waals surface area contributed by atoms with Gasteiger partial charge in [-0.25, -0.2) is 0 Å². The molecule has 0 bridgehead atoms. The molecule has 2 atom stereocenters. The van der Waals surface area contributed by atoms with Crippen LogP contribution in [0.3, 0.4) is 0 Å². The maximum absolute atomic E-state index is 4.64. The average molecular weight is 488 g/mol. The highest BCUT2D eigenvalue weighted by molar-refractivity contribution is 5.84. The third-order valence-electron chi connectivity index (χ3n) is 7.71. The van der Waals surface area contributed by atoms with Crippen LogP contribution < -0.4 is 10.6 Å². The van der Waals surface area contributed by atoms with Gasteiger partial charge < -0.3 is 10.6 Å². The Morgan fingerprint density at radius 2 is 1.97 bits per heavy atom. The van der Waals surface area contributed by atoms with Gasteiger partial charge in [0.05, 0.1) is 0 Å². The van der Waals surface area contributed by atoms with E-state index in [0.717, 1.165) is 30.8 Å². The summed E-state index contributed by atoms with van der Waals surface area (Å²) < 4.78 is 0. The second kappa shape index (κ2) is 11.1. The minimum Gasteiger partial charge on any atom is -0.384 e. The van der Waals surface area contributed by atoms with Crippen molar-refractivity contribution in [3.05, 3.63) is 70.7 Å². The van der Waals surface area contributed by atoms with Crippen molar-refractivity contribution in [1.29, 1.82) is 0 Å². The van der Waals surface area contributed by atoms with Crippen molar-refractivity contribution in [2.45, 2.75) is 103 Å². The van der Waals surface area contributed by atoms with E-state index in [2.05, 4.69) is 91.8 Å². The van der Waals surface area contributed by atoms with Crippen LogP contribution in [0.5, 0.6) is 0 Å². The van der Waals surface area contributed by atoms with Crippen molar-refractivity contribution in [1.82, 2.24) is 15.5 Å². The van der Waals surface area contributed by atoms with Gasteiger partial charge in [0.2, 0.25) is 0 Å². The van der Waals surface area contributed by atoms with Crippen molar-refractivity contribution < 1.29 is 0 Å². The van der Waals surface area contributed by atoms with E-state index in [4.69, 9.17) is 0 Å². The molecular weight excluding hydrogens is 442 g/mol. The van der Waals surface area contributed by atoms with Gasteiger partial charge in [0.25, 0.3) is 0 Å². The zero-order chi connectivity index (χ0) is 25.9. The summed E-state index contributed by atoms with van der Waals surface area (Å²) in [6, 6.07) is 6.98. The lowest BCUT2D eigenvalue weighted by atomic mass is 9.96. The predicted molar refractivity (Wildman–Crippen MR) is 153 cm³/mol. The molecule has 0 radical (unpaired) electrons. The van der Waals surface area contributed by atoms with E-state index in [1.54, 1.807) is 0 Å². The molecule has 1 aromatic carbocycles. The lowest BCUT2D eigenvalue weighted by molar-refractivity contribution is 0.490. The summed E-state index contributed by atoms with van der Waals surface area (Å²) in [7, 11) is 0. The molecule has 5 heteroatoms. The summed E-state index contributed by atoms with van der Waals surface area (Å²) in [4.78, 5) is 4.64. The highest BCUT2D eigenvalue weighted by Gasteiger charge is 2.37.